The molecule has 0 saturated carbocycles. The van der Waals surface area contributed by atoms with E-state index in [1.807, 2.05) is 24.3 Å². The van der Waals surface area contributed by atoms with Crippen molar-refractivity contribution in [3.8, 4) is 0 Å². The van der Waals surface area contributed by atoms with Gasteiger partial charge in [0.05, 0.1) is 18.7 Å². The average molecular weight is 409 g/mol. The molecule has 25 heavy (non-hydrogen) atoms. The maximum atomic E-state index is 12.2. The normalized spacial score (nSPS) is 15.5. The van der Waals surface area contributed by atoms with Gasteiger partial charge >= 0.3 is 6.09 Å². The summed E-state index contributed by atoms with van der Waals surface area (Å²) < 4.78 is 17.0. The van der Waals surface area contributed by atoms with Crippen molar-refractivity contribution in [2.24, 2.45) is 0 Å². The number of cyclic esters (lactones) is 1. The summed E-state index contributed by atoms with van der Waals surface area (Å²) in [6, 6.07) is 7.93. The van der Waals surface area contributed by atoms with Crippen LogP contribution < -0.4 is 0 Å². The Morgan fingerprint density at radius 2 is 2.12 bits per heavy atom. The van der Waals surface area contributed by atoms with E-state index in [1.165, 1.54) is 0 Å². The summed E-state index contributed by atoms with van der Waals surface area (Å²) in [4.78, 5) is 18.6. The first-order chi connectivity index (χ1) is 12.1. The smallest absolute Gasteiger partial charge is 0.410 e. The first-order valence-corrected chi connectivity index (χ1v) is 8.98. The number of pyridine rings is 1. The number of para-hydroxylation sites is 1. The van der Waals surface area contributed by atoms with Crippen molar-refractivity contribution in [2.45, 2.75) is 25.7 Å². The number of nitrogens with zero attached hydrogens (tertiary/aromatic N) is 2. The lowest BCUT2D eigenvalue weighted by Crippen LogP contribution is -2.31. The van der Waals surface area contributed by atoms with Crippen LogP contribution in [0.25, 0.3) is 10.9 Å². The zero-order chi connectivity index (χ0) is 17.8. The maximum Gasteiger partial charge on any atom is 0.410 e. The molecule has 1 aliphatic rings. The molecule has 0 aliphatic carbocycles. The Balaban J connectivity index is 2.04. The summed E-state index contributed by atoms with van der Waals surface area (Å²) in [5.74, 6) is 0. The number of benzene rings is 1. The summed E-state index contributed by atoms with van der Waals surface area (Å²) in [6.07, 6.45) is 0.918. The fourth-order valence-electron chi connectivity index (χ4n) is 2.97. The predicted molar refractivity (Wildman–Crippen MR) is 97.2 cm³/mol. The number of hydrogen-bond donors (Lipinski definition) is 0. The van der Waals surface area contributed by atoms with E-state index < -0.39 is 6.29 Å². The third kappa shape index (κ3) is 3.94. The molecular formula is C18H21BrN2O4. The van der Waals surface area contributed by atoms with Gasteiger partial charge in [0.1, 0.15) is 5.69 Å². The number of ether oxygens (including phenoxy) is 3. The number of carbonyl (C=O) groups excluding carboxylic acids is 1. The van der Waals surface area contributed by atoms with Crippen LogP contribution in [-0.4, -0.2) is 43.3 Å². The van der Waals surface area contributed by atoms with Crippen LogP contribution in [0.4, 0.5) is 4.79 Å². The number of fused-ring (bicyclic) bond motifs is 1. The minimum atomic E-state index is -0.602. The van der Waals surface area contributed by atoms with Crippen molar-refractivity contribution < 1.29 is 19.0 Å². The van der Waals surface area contributed by atoms with Crippen LogP contribution in [0, 0.1) is 0 Å². The van der Waals surface area contributed by atoms with Crippen molar-refractivity contribution in [3.05, 3.63) is 40.0 Å². The Hall–Kier alpha value is -1.70. The molecule has 0 atom stereocenters. The number of carbonyl (C=O) groups is 1. The second kappa shape index (κ2) is 8.12. The number of aromatic nitrogens is 1. The molecule has 0 radical (unpaired) electrons. The SMILES string of the molecule is COC(OC)c1nc2c(Br)cccc2cc1CN1CCCCOC1=O. The molecule has 7 heteroatoms. The van der Waals surface area contributed by atoms with Gasteiger partial charge in [-0.2, -0.15) is 0 Å². The van der Waals surface area contributed by atoms with Crippen LogP contribution >= 0.6 is 15.9 Å². The maximum absolute atomic E-state index is 12.2. The molecule has 1 aromatic carbocycles. The zero-order valence-electron chi connectivity index (χ0n) is 14.3. The van der Waals surface area contributed by atoms with E-state index in [9.17, 15) is 4.79 Å². The van der Waals surface area contributed by atoms with Crippen LogP contribution in [-0.2, 0) is 20.8 Å². The van der Waals surface area contributed by atoms with E-state index in [4.69, 9.17) is 19.2 Å². The number of rotatable bonds is 5. The van der Waals surface area contributed by atoms with Crippen LogP contribution in [0.5, 0.6) is 0 Å². The molecule has 0 bridgehead atoms. The molecular weight excluding hydrogens is 388 g/mol. The second-order valence-electron chi connectivity index (χ2n) is 5.89. The number of amides is 1. The molecule has 3 rings (SSSR count). The summed E-state index contributed by atoms with van der Waals surface area (Å²) in [6.45, 7) is 1.55. The quantitative estimate of drug-likeness (QED) is 0.699. The van der Waals surface area contributed by atoms with Gasteiger partial charge in [-0.05, 0) is 46.5 Å². The standard InChI is InChI=1S/C18H21BrN2O4/c1-23-17(24-2)16-13(11-21-8-3-4-9-25-18(21)22)10-12-6-5-7-14(19)15(12)20-16/h5-7,10,17H,3-4,8-9,11H2,1-2H3. The molecule has 1 aromatic heterocycles. The average Bonchev–Trinajstić information content (AvgIpc) is 2.81. The Morgan fingerprint density at radius 1 is 1.32 bits per heavy atom. The molecule has 1 amide bonds. The van der Waals surface area contributed by atoms with Gasteiger partial charge in [0, 0.05) is 30.6 Å². The lowest BCUT2D eigenvalue weighted by Gasteiger charge is -2.23. The van der Waals surface area contributed by atoms with Gasteiger partial charge < -0.3 is 19.1 Å². The molecule has 1 fully saturated rings. The van der Waals surface area contributed by atoms with Crippen LogP contribution in [0.1, 0.15) is 30.4 Å². The molecule has 1 saturated heterocycles. The third-order valence-electron chi connectivity index (χ3n) is 4.23. The van der Waals surface area contributed by atoms with E-state index in [2.05, 4.69) is 15.9 Å². The van der Waals surface area contributed by atoms with Crippen molar-refractivity contribution in [2.75, 3.05) is 27.4 Å². The van der Waals surface area contributed by atoms with Crippen molar-refractivity contribution in [1.29, 1.82) is 0 Å². The predicted octanol–water partition coefficient (Wildman–Crippen LogP) is 4.02. The summed E-state index contributed by atoms with van der Waals surface area (Å²) in [5.41, 5.74) is 2.39. The topological polar surface area (TPSA) is 60.9 Å². The highest BCUT2D eigenvalue weighted by Crippen LogP contribution is 2.29. The van der Waals surface area contributed by atoms with E-state index in [0.29, 0.717) is 25.4 Å². The van der Waals surface area contributed by atoms with Crippen molar-refractivity contribution >= 4 is 32.9 Å². The fraction of sp³-hybridized carbons (Fsp3) is 0.444. The zero-order valence-corrected chi connectivity index (χ0v) is 15.9. The fourth-order valence-corrected chi connectivity index (χ4v) is 3.44. The molecule has 0 N–H and O–H groups in total. The highest BCUT2D eigenvalue weighted by atomic mass is 79.9. The first kappa shape index (κ1) is 18.1. The van der Waals surface area contributed by atoms with Crippen molar-refractivity contribution in [3.63, 3.8) is 0 Å². The van der Waals surface area contributed by atoms with Gasteiger partial charge in [-0.3, -0.25) is 0 Å². The summed E-state index contributed by atoms with van der Waals surface area (Å²) in [7, 11) is 3.15. The van der Waals surface area contributed by atoms with Gasteiger partial charge in [-0.25, -0.2) is 9.78 Å². The van der Waals surface area contributed by atoms with Crippen LogP contribution in [0.3, 0.4) is 0 Å². The first-order valence-electron chi connectivity index (χ1n) is 8.19. The molecule has 134 valence electrons. The van der Waals surface area contributed by atoms with Crippen molar-refractivity contribution in [1.82, 2.24) is 9.88 Å². The molecule has 2 aromatic rings. The third-order valence-corrected chi connectivity index (χ3v) is 4.87. The Morgan fingerprint density at radius 3 is 2.88 bits per heavy atom. The van der Waals surface area contributed by atoms with Gasteiger partial charge in [0.2, 0.25) is 6.29 Å². The Kier molecular flexibility index (Phi) is 5.88. The number of methoxy groups -OCH3 is 2. The van der Waals surface area contributed by atoms with E-state index >= 15 is 0 Å². The largest absolute Gasteiger partial charge is 0.449 e. The monoisotopic (exact) mass is 408 g/mol. The molecule has 1 aliphatic heterocycles. The number of halogens is 1. The lowest BCUT2D eigenvalue weighted by molar-refractivity contribution is -0.109. The van der Waals surface area contributed by atoms with Crippen LogP contribution in [0.15, 0.2) is 28.7 Å². The van der Waals surface area contributed by atoms with E-state index in [0.717, 1.165) is 33.8 Å². The minimum absolute atomic E-state index is 0.288. The lowest BCUT2D eigenvalue weighted by atomic mass is 10.1. The van der Waals surface area contributed by atoms with E-state index in [1.54, 1.807) is 19.1 Å². The highest BCUT2D eigenvalue weighted by Gasteiger charge is 2.23. The molecule has 6 nitrogen and oxygen atoms in total. The Bertz CT molecular complexity index is 764. The van der Waals surface area contributed by atoms with Crippen LogP contribution in [0.2, 0.25) is 0 Å². The number of hydrogen-bond acceptors (Lipinski definition) is 5. The minimum Gasteiger partial charge on any atom is -0.449 e. The summed E-state index contributed by atoms with van der Waals surface area (Å²) in [5, 5.41) is 0.988. The van der Waals surface area contributed by atoms with Gasteiger partial charge in [0.25, 0.3) is 0 Å². The van der Waals surface area contributed by atoms with E-state index in [-0.39, 0.29) is 6.09 Å². The van der Waals surface area contributed by atoms with Gasteiger partial charge in [0.15, 0.2) is 0 Å². The Labute approximate surface area is 155 Å². The molecule has 0 spiro atoms. The second-order valence-corrected chi connectivity index (χ2v) is 6.74. The molecule has 2 heterocycles. The van der Waals surface area contributed by atoms with Gasteiger partial charge in [-0.1, -0.05) is 12.1 Å². The molecule has 0 unspecified atom stereocenters. The summed E-state index contributed by atoms with van der Waals surface area (Å²) >= 11 is 3.54. The van der Waals surface area contributed by atoms with Gasteiger partial charge in [-0.15, -0.1) is 0 Å². The highest BCUT2D eigenvalue weighted by molar-refractivity contribution is 9.10.